The normalized spacial score (nSPS) is 34.7. The number of nitrogens with one attached hydrogen (secondary N) is 1. The van der Waals surface area contributed by atoms with Crippen LogP contribution in [0.15, 0.2) is 0 Å². The van der Waals surface area contributed by atoms with Crippen molar-refractivity contribution < 1.29 is 9.59 Å². The molecule has 3 aliphatic rings. The van der Waals surface area contributed by atoms with Gasteiger partial charge in [0.2, 0.25) is 11.8 Å². The van der Waals surface area contributed by atoms with Crippen molar-refractivity contribution in [3.63, 3.8) is 0 Å². The van der Waals surface area contributed by atoms with Crippen molar-refractivity contribution in [2.75, 3.05) is 0 Å². The fourth-order valence-corrected chi connectivity index (χ4v) is 4.41. The number of carbonyl (C=O) groups excluding carboxylic acids is 2. The van der Waals surface area contributed by atoms with Crippen molar-refractivity contribution in [3.8, 4) is 0 Å². The Morgan fingerprint density at radius 3 is 2.52 bits per heavy atom. The van der Waals surface area contributed by atoms with Crippen molar-refractivity contribution in [1.82, 2.24) is 10.2 Å². The zero-order valence-corrected chi connectivity index (χ0v) is 13.5. The minimum Gasteiger partial charge on any atom is -0.340 e. The number of piperazine rings is 1. The Labute approximate surface area is 127 Å². The Balaban J connectivity index is 1.87. The summed E-state index contributed by atoms with van der Waals surface area (Å²) in [6.45, 7) is 6.29. The third kappa shape index (κ3) is 2.36. The van der Waals surface area contributed by atoms with Gasteiger partial charge in [-0.3, -0.25) is 9.59 Å². The van der Waals surface area contributed by atoms with Gasteiger partial charge in [0.25, 0.3) is 0 Å². The fourth-order valence-electron chi connectivity index (χ4n) is 4.41. The van der Waals surface area contributed by atoms with E-state index in [0.29, 0.717) is 12.0 Å². The lowest BCUT2D eigenvalue weighted by Crippen LogP contribution is -2.71. The van der Waals surface area contributed by atoms with Crippen molar-refractivity contribution >= 4 is 11.8 Å². The van der Waals surface area contributed by atoms with Crippen molar-refractivity contribution in [2.24, 2.45) is 11.8 Å². The Morgan fingerprint density at radius 1 is 1.29 bits per heavy atom. The molecule has 4 nitrogen and oxygen atoms in total. The molecule has 1 saturated heterocycles. The number of hydrogen-bond acceptors (Lipinski definition) is 2. The van der Waals surface area contributed by atoms with Crippen LogP contribution in [0.25, 0.3) is 0 Å². The molecule has 1 spiro atoms. The summed E-state index contributed by atoms with van der Waals surface area (Å²) < 4.78 is 0. The minimum absolute atomic E-state index is 0.0775. The SMILES string of the molecule is CCCC1CC1N1C(=O)C2(CCCC2)NC(=O)C1C(C)C. The Hall–Kier alpha value is -1.06. The monoisotopic (exact) mass is 292 g/mol. The average Bonchev–Trinajstić information content (AvgIpc) is 3.01. The number of carbonyl (C=O) groups is 2. The summed E-state index contributed by atoms with van der Waals surface area (Å²) in [5.41, 5.74) is -0.568. The highest BCUT2D eigenvalue weighted by Crippen LogP contribution is 2.45. The van der Waals surface area contributed by atoms with Crippen LogP contribution in [-0.4, -0.2) is 34.3 Å². The third-order valence-electron chi connectivity index (χ3n) is 5.57. The Bertz CT molecular complexity index is 440. The quantitative estimate of drug-likeness (QED) is 0.865. The first-order chi connectivity index (χ1) is 10.00. The molecule has 21 heavy (non-hydrogen) atoms. The molecule has 0 bridgehead atoms. The van der Waals surface area contributed by atoms with Gasteiger partial charge in [0.1, 0.15) is 11.6 Å². The Kier molecular flexibility index (Phi) is 3.74. The zero-order valence-electron chi connectivity index (χ0n) is 13.5. The van der Waals surface area contributed by atoms with Gasteiger partial charge in [0.05, 0.1) is 0 Å². The second-order valence-corrected chi connectivity index (χ2v) is 7.53. The van der Waals surface area contributed by atoms with Gasteiger partial charge in [-0.1, -0.05) is 40.0 Å². The number of amides is 2. The molecule has 2 saturated carbocycles. The molecule has 0 aromatic rings. The van der Waals surface area contributed by atoms with Gasteiger partial charge < -0.3 is 10.2 Å². The highest BCUT2D eigenvalue weighted by molar-refractivity contribution is 6.00. The summed E-state index contributed by atoms with van der Waals surface area (Å²) in [5, 5.41) is 3.10. The second-order valence-electron chi connectivity index (χ2n) is 7.53. The van der Waals surface area contributed by atoms with Gasteiger partial charge in [-0.2, -0.15) is 0 Å². The van der Waals surface area contributed by atoms with Crippen LogP contribution in [0.2, 0.25) is 0 Å². The molecule has 3 fully saturated rings. The summed E-state index contributed by atoms with van der Waals surface area (Å²) in [7, 11) is 0. The molecule has 118 valence electrons. The average molecular weight is 292 g/mol. The molecular formula is C17H28N2O2. The van der Waals surface area contributed by atoms with E-state index in [-0.39, 0.29) is 23.8 Å². The largest absolute Gasteiger partial charge is 0.340 e. The lowest BCUT2D eigenvalue weighted by Gasteiger charge is -2.46. The van der Waals surface area contributed by atoms with E-state index < -0.39 is 5.54 Å². The molecule has 4 heteroatoms. The van der Waals surface area contributed by atoms with Crippen molar-refractivity contribution in [1.29, 1.82) is 0 Å². The Morgan fingerprint density at radius 2 is 1.95 bits per heavy atom. The summed E-state index contributed by atoms with van der Waals surface area (Å²) in [5.74, 6) is 1.08. The number of rotatable bonds is 4. The highest BCUT2D eigenvalue weighted by atomic mass is 16.2. The second kappa shape index (κ2) is 5.29. The number of nitrogens with zero attached hydrogens (tertiary/aromatic N) is 1. The molecule has 1 heterocycles. The van der Waals surface area contributed by atoms with E-state index in [2.05, 4.69) is 12.2 Å². The van der Waals surface area contributed by atoms with E-state index in [1.54, 1.807) is 0 Å². The first-order valence-electron chi connectivity index (χ1n) is 8.65. The van der Waals surface area contributed by atoms with Crippen LogP contribution in [0.1, 0.15) is 65.7 Å². The smallest absolute Gasteiger partial charge is 0.249 e. The van der Waals surface area contributed by atoms with Crippen LogP contribution in [0.3, 0.4) is 0 Å². The molecule has 3 unspecified atom stereocenters. The molecule has 3 rings (SSSR count). The predicted molar refractivity (Wildman–Crippen MR) is 81.6 cm³/mol. The van der Waals surface area contributed by atoms with E-state index in [1.807, 2.05) is 18.7 Å². The minimum atomic E-state index is -0.568. The van der Waals surface area contributed by atoms with Gasteiger partial charge in [-0.05, 0) is 37.5 Å². The maximum atomic E-state index is 13.2. The molecular weight excluding hydrogens is 264 g/mol. The molecule has 0 aromatic carbocycles. The van der Waals surface area contributed by atoms with Crippen LogP contribution in [0, 0.1) is 11.8 Å². The first-order valence-corrected chi connectivity index (χ1v) is 8.65. The summed E-state index contributed by atoms with van der Waals surface area (Å²) in [6.07, 6.45) is 7.17. The van der Waals surface area contributed by atoms with Gasteiger partial charge in [-0.15, -0.1) is 0 Å². The van der Waals surface area contributed by atoms with E-state index in [0.717, 1.165) is 38.5 Å². The molecule has 0 radical (unpaired) electrons. The van der Waals surface area contributed by atoms with Crippen LogP contribution in [0.4, 0.5) is 0 Å². The summed E-state index contributed by atoms with van der Waals surface area (Å²) >= 11 is 0. The lowest BCUT2D eigenvalue weighted by molar-refractivity contribution is -0.157. The summed E-state index contributed by atoms with van der Waals surface area (Å²) in [4.78, 5) is 27.8. The van der Waals surface area contributed by atoms with Crippen LogP contribution in [0.5, 0.6) is 0 Å². The van der Waals surface area contributed by atoms with E-state index in [4.69, 9.17) is 0 Å². The standard InChI is InChI=1S/C17H28N2O2/c1-4-7-12-10-13(12)19-14(11(2)3)15(20)18-17(16(19)21)8-5-6-9-17/h11-14H,4-10H2,1-3H3,(H,18,20). The molecule has 3 atom stereocenters. The van der Waals surface area contributed by atoms with Gasteiger partial charge in [-0.25, -0.2) is 0 Å². The van der Waals surface area contributed by atoms with Crippen molar-refractivity contribution in [2.45, 2.75) is 83.3 Å². The van der Waals surface area contributed by atoms with Gasteiger partial charge in [0.15, 0.2) is 0 Å². The van der Waals surface area contributed by atoms with Crippen LogP contribution in [-0.2, 0) is 9.59 Å². The molecule has 1 aliphatic heterocycles. The van der Waals surface area contributed by atoms with E-state index in [1.165, 1.54) is 6.42 Å². The maximum absolute atomic E-state index is 13.2. The summed E-state index contributed by atoms with van der Waals surface area (Å²) in [6, 6.07) is 0.0453. The topological polar surface area (TPSA) is 49.4 Å². The third-order valence-corrected chi connectivity index (χ3v) is 5.57. The fraction of sp³-hybridized carbons (Fsp3) is 0.882. The lowest BCUT2D eigenvalue weighted by atomic mass is 9.87. The van der Waals surface area contributed by atoms with Crippen LogP contribution >= 0.6 is 0 Å². The van der Waals surface area contributed by atoms with Gasteiger partial charge in [0, 0.05) is 6.04 Å². The molecule has 1 N–H and O–H groups in total. The molecule has 0 aromatic heterocycles. The van der Waals surface area contributed by atoms with Crippen molar-refractivity contribution in [3.05, 3.63) is 0 Å². The zero-order chi connectivity index (χ0) is 15.2. The highest BCUT2D eigenvalue weighted by Gasteiger charge is 2.58. The number of hydrogen-bond donors (Lipinski definition) is 1. The van der Waals surface area contributed by atoms with E-state index >= 15 is 0 Å². The van der Waals surface area contributed by atoms with Crippen LogP contribution < -0.4 is 5.32 Å². The first kappa shape index (κ1) is 14.9. The maximum Gasteiger partial charge on any atom is 0.249 e. The molecule has 2 aliphatic carbocycles. The van der Waals surface area contributed by atoms with E-state index in [9.17, 15) is 9.59 Å². The predicted octanol–water partition coefficient (Wildman–Crippen LogP) is 2.47. The molecule has 2 amide bonds. The van der Waals surface area contributed by atoms with Gasteiger partial charge >= 0.3 is 0 Å².